The van der Waals surface area contributed by atoms with E-state index in [1.54, 1.807) is 12.1 Å². The Morgan fingerprint density at radius 2 is 1.79 bits per heavy atom. The number of hydrazone groups is 1. The standard InChI is InChI=1S/C18H13N7O3/c26-18-22-16-14(20-15(21-16)12-4-2-1-3-5-12)17(23-18)24-19-10-11-6-8-13(9-7-11)25(27)28/h1-10H,(H3,20,21,22,23,24,26). The summed E-state index contributed by atoms with van der Waals surface area (Å²) >= 11 is 0. The van der Waals surface area contributed by atoms with Crippen molar-refractivity contribution in [3.63, 3.8) is 0 Å². The largest absolute Gasteiger partial charge is 0.348 e. The number of nitro benzene ring substituents is 1. The van der Waals surface area contributed by atoms with Crippen LogP contribution in [0, 0.1) is 10.1 Å². The van der Waals surface area contributed by atoms with Gasteiger partial charge >= 0.3 is 5.69 Å². The second kappa shape index (κ2) is 7.11. The predicted molar refractivity (Wildman–Crippen MR) is 104 cm³/mol. The van der Waals surface area contributed by atoms with Crippen LogP contribution in [-0.2, 0) is 0 Å². The van der Waals surface area contributed by atoms with Crippen molar-refractivity contribution in [3.05, 3.63) is 80.8 Å². The Kier molecular flexibility index (Phi) is 4.34. The molecule has 0 unspecified atom stereocenters. The number of anilines is 1. The average Bonchev–Trinajstić information content (AvgIpc) is 3.13. The van der Waals surface area contributed by atoms with Gasteiger partial charge in [-0.25, -0.2) is 9.78 Å². The maximum atomic E-state index is 11.8. The number of rotatable bonds is 5. The third kappa shape index (κ3) is 3.46. The third-order valence-corrected chi connectivity index (χ3v) is 3.91. The average molecular weight is 375 g/mol. The molecule has 0 spiro atoms. The Bertz CT molecular complexity index is 1230. The summed E-state index contributed by atoms with van der Waals surface area (Å²) < 4.78 is 0. The van der Waals surface area contributed by atoms with Crippen LogP contribution in [0.15, 0.2) is 64.5 Å². The van der Waals surface area contributed by atoms with E-state index in [0.717, 1.165) is 5.56 Å². The molecule has 28 heavy (non-hydrogen) atoms. The Labute approximate surface area is 157 Å². The van der Waals surface area contributed by atoms with Gasteiger partial charge in [0.05, 0.1) is 11.1 Å². The van der Waals surface area contributed by atoms with Crippen molar-refractivity contribution in [3.8, 4) is 11.4 Å². The van der Waals surface area contributed by atoms with Crippen LogP contribution in [0.5, 0.6) is 0 Å². The third-order valence-electron chi connectivity index (χ3n) is 3.91. The van der Waals surface area contributed by atoms with Crippen LogP contribution in [-0.4, -0.2) is 31.1 Å². The molecule has 10 heteroatoms. The molecule has 2 heterocycles. The summed E-state index contributed by atoms with van der Waals surface area (Å²) in [6, 6.07) is 15.3. The van der Waals surface area contributed by atoms with E-state index in [9.17, 15) is 14.9 Å². The van der Waals surface area contributed by atoms with E-state index < -0.39 is 10.6 Å². The summed E-state index contributed by atoms with van der Waals surface area (Å²) in [5, 5.41) is 14.7. The number of benzene rings is 2. The van der Waals surface area contributed by atoms with Gasteiger partial charge in [-0.2, -0.15) is 10.1 Å². The van der Waals surface area contributed by atoms with E-state index >= 15 is 0 Å². The first kappa shape index (κ1) is 17.1. The highest BCUT2D eigenvalue weighted by Crippen LogP contribution is 2.22. The summed E-state index contributed by atoms with van der Waals surface area (Å²) in [5.74, 6) is 0.799. The zero-order valence-electron chi connectivity index (χ0n) is 14.3. The van der Waals surface area contributed by atoms with Crippen LogP contribution in [0.4, 0.5) is 11.5 Å². The van der Waals surface area contributed by atoms with Gasteiger partial charge in [-0.1, -0.05) is 30.3 Å². The van der Waals surface area contributed by atoms with Gasteiger partial charge < -0.3 is 4.98 Å². The van der Waals surface area contributed by atoms with Crippen LogP contribution in [0.25, 0.3) is 22.6 Å². The van der Waals surface area contributed by atoms with E-state index in [1.165, 1.54) is 18.3 Å². The lowest BCUT2D eigenvalue weighted by Crippen LogP contribution is -2.12. The van der Waals surface area contributed by atoms with Gasteiger partial charge in [0, 0.05) is 17.7 Å². The molecule has 0 fully saturated rings. The molecule has 2 aromatic heterocycles. The number of aromatic nitrogens is 4. The zero-order chi connectivity index (χ0) is 19.5. The lowest BCUT2D eigenvalue weighted by atomic mass is 10.2. The Morgan fingerprint density at radius 1 is 1.04 bits per heavy atom. The summed E-state index contributed by atoms with van der Waals surface area (Å²) in [4.78, 5) is 36.0. The van der Waals surface area contributed by atoms with Crippen LogP contribution in [0.1, 0.15) is 5.56 Å². The SMILES string of the molecule is O=c1nc(NN=Cc2ccc([N+](=O)[O-])cc2)c2[nH]c(-c3ccccc3)nc2[nH]1. The van der Waals surface area contributed by atoms with Crippen LogP contribution < -0.4 is 11.1 Å². The van der Waals surface area contributed by atoms with Crippen molar-refractivity contribution < 1.29 is 4.92 Å². The van der Waals surface area contributed by atoms with Crippen molar-refractivity contribution >= 4 is 28.9 Å². The normalized spacial score (nSPS) is 11.1. The highest BCUT2D eigenvalue weighted by molar-refractivity contribution is 5.86. The molecule has 0 atom stereocenters. The molecule has 0 saturated heterocycles. The molecule has 10 nitrogen and oxygen atoms in total. The van der Waals surface area contributed by atoms with E-state index in [1.807, 2.05) is 30.3 Å². The predicted octanol–water partition coefficient (Wildman–Crippen LogP) is 2.67. The molecular weight excluding hydrogens is 362 g/mol. The fourth-order valence-electron chi connectivity index (χ4n) is 2.59. The van der Waals surface area contributed by atoms with E-state index in [-0.39, 0.29) is 11.5 Å². The molecule has 0 radical (unpaired) electrons. The van der Waals surface area contributed by atoms with Crippen molar-refractivity contribution in [2.75, 3.05) is 5.43 Å². The molecule has 0 aliphatic carbocycles. The summed E-state index contributed by atoms with van der Waals surface area (Å²) in [6.07, 6.45) is 1.47. The molecule has 138 valence electrons. The Hall–Kier alpha value is -4.34. The number of nitrogens with zero attached hydrogens (tertiary/aromatic N) is 4. The van der Waals surface area contributed by atoms with E-state index in [2.05, 4.69) is 30.5 Å². The zero-order valence-corrected chi connectivity index (χ0v) is 14.3. The maximum absolute atomic E-state index is 11.8. The Balaban J connectivity index is 1.62. The first-order valence-corrected chi connectivity index (χ1v) is 8.19. The monoisotopic (exact) mass is 375 g/mol. The number of hydrogen-bond donors (Lipinski definition) is 3. The summed E-state index contributed by atoms with van der Waals surface area (Å²) in [6.45, 7) is 0. The molecule has 4 rings (SSSR count). The fourth-order valence-corrected chi connectivity index (χ4v) is 2.59. The molecule has 0 aliphatic heterocycles. The van der Waals surface area contributed by atoms with E-state index in [4.69, 9.17) is 0 Å². The number of H-pyrrole nitrogens is 2. The molecular formula is C18H13N7O3. The number of nitro groups is 1. The van der Waals surface area contributed by atoms with Gasteiger partial charge in [0.1, 0.15) is 11.3 Å². The first-order valence-electron chi connectivity index (χ1n) is 8.19. The van der Waals surface area contributed by atoms with Gasteiger partial charge in [-0.3, -0.25) is 20.5 Å². The second-order valence-electron chi connectivity index (χ2n) is 5.78. The molecule has 0 amide bonds. The van der Waals surface area contributed by atoms with Crippen molar-refractivity contribution in [2.24, 2.45) is 5.10 Å². The van der Waals surface area contributed by atoms with Gasteiger partial charge in [-0.05, 0) is 17.7 Å². The number of hydrogen-bond acceptors (Lipinski definition) is 7. The molecule has 4 aromatic rings. The summed E-state index contributed by atoms with van der Waals surface area (Å²) in [7, 11) is 0. The van der Waals surface area contributed by atoms with Crippen molar-refractivity contribution in [2.45, 2.75) is 0 Å². The lowest BCUT2D eigenvalue weighted by Gasteiger charge is -1.99. The first-order chi connectivity index (χ1) is 13.6. The molecule has 2 aromatic carbocycles. The number of aromatic amines is 2. The minimum absolute atomic E-state index is 0.00558. The van der Waals surface area contributed by atoms with Crippen LogP contribution in [0.2, 0.25) is 0 Å². The fraction of sp³-hybridized carbons (Fsp3) is 0. The lowest BCUT2D eigenvalue weighted by molar-refractivity contribution is -0.384. The number of fused-ring (bicyclic) bond motifs is 1. The maximum Gasteiger partial charge on any atom is 0.348 e. The number of imidazole rings is 1. The molecule has 0 aliphatic rings. The van der Waals surface area contributed by atoms with Gasteiger partial charge in [0.25, 0.3) is 5.69 Å². The number of non-ortho nitro benzene ring substituents is 1. The molecule has 0 saturated carbocycles. The quantitative estimate of drug-likeness (QED) is 0.278. The molecule has 3 N–H and O–H groups in total. The highest BCUT2D eigenvalue weighted by Gasteiger charge is 2.11. The van der Waals surface area contributed by atoms with Gasteiger partial charge in [0.15, 0.2) is 11.5 Å². The topological polar surface area (TPSA) is 142 Å². The minimum atomic E-state index is -0.563. The highest BCUT2D eigenvalue weighted by atomic mass is 16.6. The summed E-state index contributed by atoms with van der Waals surface area (Å²) in [5.41, 5.74) is 4.50. The molecule has 0 bridgehead atoms. The second-order valence-corrected chi connectivity index (χ2v) is 5.78. The van der Waals surface area contributed by atoms with Gasteiger partial charge in [-0.15, -0.1) is 0 Å². The van der Waals surface area contributed by atoms with Crippen LogP contribution in [0.3, 0.4) is 0 Å². The van der Waals surface area contributed by atoms with Crippen molar-refractivity contribution in [1.29, 1.82) is 0 Å². The smallest absolute Gasteiger partial charge is 0.334 e. The number of nitrogens with one attached hydrogen (secondary N) is 3. The van der Waals surface area contributed by atoms with Crippen molar-refractivity contribution in [1.82, 2.24) is 19.9 Å². The van der Waals surface area contributed by atoms with Gasteiger partial charge in [0.2, 0.25) is 0 Å². The Morgan fingerprint density at radius 3 is 2.50 bits per heavy atom. The minimum Gasteiger partial charge on any atom is -0.334 e. The van der Waals surface area contributed by atoms with Crippen LogP contribution >= 0.6 is 0 Å². The van der Waals surface area contributed by atoms with E-state index in [0.29, 0.717) is 22.6 Å².